The van der Waals surface area contributed by atoms with Crippen molar-refractivity contribution in [3.63, 3.8) is 0 Å². The van der Waals surface area contributed by atoms with Crippen molar-refractivity contribution in [1.29, 1.82) is 0 Å². The summed E-state index contributed by atoms with van der Waals surface area (Å²) in [6.45, 7) is 0.190. The van der Waals surface area contributed by atoms with E-state index in [-0.39, 0.29) is 24.5 Å². The number of nitrogens with zero attached hydrogens (tertiary/aromatic N) is 1. The summed E-state index contributed by atoms with van der Waals surface area (Å²) in [6, 6.07) is 26.6. The predicted octanol–water partition coefficient (Wildman–Crippen LogP) is 5.92. The van der Waals surface area contributed by atoms with Gasteiger partial charge in [-0.25, -0.2) is 0 Å². The quantitative estimate of drug-likeness (QED) is 0.342. The molecule has 36 heavy (non-hydrogen) atoms. The van der Waals surface area contributed by atoms with Crippen LogP contribution in [0.5, 0.6) is 5.75 Å². The maximum atomic E-state index is 13.7. The first-order valence-corrected chi connectivity index (χ1v) is 13.4. The lowest BCUT2D eigenvalue weighted by Gasteiger charge is -2.33. The first-order valence-electron chi connectivity index (χ1n) is 12.6. The van der Waals surface area contributed by atoms with Crippen molar-refractivity contribution in [2.75, 3.05) is 6.61 Å². The molecule has 0 aromatic heterocycles. The zero-order chi connectivity index (χ0) is 25.2. The highest BCUT2D eigenvalue weighted by molar-refractivity contribution is 9.10. The fourth-order valence-electron chi connectivity index (χ4n) is 4.64. The van der Waals surface area contributed by atoms with E-state index in [1.165, 1.54) is 6.42 Å². The molecular weight excluding hydrogens is 516 g/mol. The molecule has 0 spiro atoms. The molecule has 0 bridgehead atoms. The van der Waals surface area contributed by atoms with Crippen LogP contribution in [-0.2, 0) is 22.6 Å². The van der Waals surface area contributed by atoms with Gasteiger partial charge in [0.05, 0.1) is 0 Å². The molecule has 1 aliphatic carbocycles. The molecule has 1 fully saturated rings. The van der Waals surface area contributed by atoms with Crippen LogP contribution < -0.4 is 10.1 Å². The second kappa shape index (κ2) is 13.3. The van der Waals surface area contributed by atoms with Crippen molar-refractivity contribution in [1.82, 2.24) is 10.2 Å². The van der Waals surface area contributed by atoms with E-state index in [2.05, 4.69) is 21.2 Å². The van der Waals surface area contributed by atoms with Crippen molar-refractivity contribution < 1.29 is 14.3 Å². The summed E-state index contributed by atoms with van der Waals surface area (Å²) in [7, 11) is 0. The van der Waals surface area contributed by atoms with Crippen LogP contribution in [0.15, 0.2) is 89.4 Å². The van der Waals surface area contributed by atoms with Gasteiger partial charge in [-0.15, -0.1) is 0 Å². The van der Waals surface area contributed by atoms with Gasteiger partial charge in [-0.1, -0.05) is 95.9 Å². The smallest absolute Gasteiger partial charge is 0.261 e. The molecule has 5 nitrogen and oxygen atoms in total. The van der Waals surface area contributed by atoms with Gasteiger partial charge >= 0.3 is 0 Å². The Balaban J connectivity index is 1.58. The Morgan fingerprint density at radius 2 is 1.47 bits per heavy atom. The second-order valence-electron chi connectivity index (χ2n) is 9.30. The molecule has 188 valence electrons. The summed E-state index contributed by atoms with van der Waals surface area (Å²) >= 11 is 3.42. The number of carbonyl (C=O) groups is 2. The minimum atomic E-state index is -0.643. The number of carbonyl (C=O) groups excluding carboxylic acids is 2. The normalized spacial score (nSPS) is 14.6. The average molecular weight is 550 g/mol. The maximum absolute atomic E-state index is 13.7. The topological polar surface area (TPSA) is 58.6 Å². The van der Waals surface area contributed by atoms with E-state index in [1.54, 1.807) is 4.90 Å². The summed E-state index contributed by atoms with van der Waals surface area (Å²) in [4.78, 5) is 29.0. The molecule has 6 heteroatoms. The number of ether oxygens (including phenoxy) is 1. The lowest BCUT2D eigenvalue weighted by atomic mass is 9.94. The van der Waals surface area contributed by atoms with E-state index in [1.807, 2.05) is 84.9 Å². The van der Waals surface area contributed by atoms with Crippen LogP contribution in [0.4, 0.5) is 0 Å². The Morgan fingerprint density at radius 1 is 0.861 bits per heavy atom. The zero-order valence-electron chi connectivity index (χ0n) is 20.4. The van der Waals surface area contributed by atoms with E-state index in [0.717, 1.165) is 41.3 Å². The first-order chi connectivity index (χ1) is 17.6. The van der Waals surface area contributed by atoms with Crippen molar-refractivity contribution in [2.45, 2.75) is 57.2 Å². The second-order valence-corrected chi connectivity index (χ2v) is 10.2. The maximum Gasteiger partial charge on any atom is 0.261 e. The van der Waals surface area contributed by atoms with Crippen molar-refractivity contribution in [3.8, 4) is 5.75 Å². The van der Waals surface area contributed by atoms with Gasteiger partial charge in [0.1, 0.15) is 11.8 Å². The Hall–Kier alpha value is -3.12. The van der Waals surface area contributed by atoms with Crippen LogP contribution in [-0.4, -0.2) is 35.4 Å². The fourth-order valence-corrected chi connectivity index (χ4v) is 4.90. The van der Waals surface area contributed by atoms with Gasteiger partial charge in [-0.2, -0.15) is 0 Å². The molecule has 0 aliphatic heterocycles. The minimum Gasteiger partial charge on any atom is -0.484 e. The molecule has 0 saturated heterocycles. The molecule has 0 radical (unpaired) electrons. The lowest BCUT2D eigenvalue weighted by molar-refractivity contribution is -0.143. The number of hydrogen-bond donors (Lipinski definition) is 1. The van der Waals surface area contributed by atoms with E-state index < -0.39 is 6.04 Å². The van der Waals surface area contributed by atoms with Gasteiger partial charge in [-0.3, -0.25) is 9.59 Å². The van der Waals surface area contributed by atoms with E-state index in [9.17, 15) is 9.59 Å². The average Bonchev–Trinajstić information content (AvgIpc) is 2.92. The number of amides is 2. The third kappa shape index (κ3) is 7.69. The monoisotopic (exact) mass is 548 g/mol. The summed E-state index contributed by atoms with van der Waals surface area (Å²) in [5.41, 5.74) is 1.99. The molecule has 1 aliphatic rings. The number of rotatable bonds is 10. The molecular formula is C30H33BrN2O3. The molecule has 1 saturated carbocycles. The van der Waals surface area contributed by atoms with E-state index in [4.69, 9.17) is 4.74 Å². The molecule has 1 N–H and O–H groups in total. The molecule has 1 atom stereocenters. The molecule has 2 amide bonds. The highest BCUT2D eigenvalue weighted by Gasteiger charge is 2.32. The highest BCUT2D eigenvalue weighted by Crippen LogP contribution is 2.21. The third-order valence-corrected chi connectivity index (χ3v) is 7.12. The van der Waals surface area contributed by atoms with E-state index in [0.29, 0.717) is 18.7 Å². The molecule has 3 aromatic rings. The largest absolute Gasteiger partial charge is 0.484 e. The SMILES string of the molecule is O=C(NC1CCCCC1)[C@@H](Cc1ccccc1)N(Cc1ccccc1)C(=O)COc1ccc(Br)cc1. The van der Waals surface area contributed by atoms with Gasteiger partial charge < -0.3 is 15.0 Å². The van der Waals surface area contributed by atoms with Crippen molar-refractivity contribution >= 4 is 27.7 Å². The standard InChI is InChI=1S/C30H33BrN2O3/c31-25-16-18-27(19-17-25)36-22-29(34)33(21-24-12-6-2-7-13-24)28(20-23-10-4-1-5-11-23)30(35)32-26-14-8-3-9-15-26/h1-2,4-7,10-13,16-19,26,28H,3,8-9,14-15,20-22H2,(H,32,35)/t28-/m1/s1. The van der Waals surface area contributed by atoms with Crippen LogP contribution in [0.2, 0.25) is 0 Å². The fraction of sp³-hybridized carbons (Fsp3) is 0.333. The third-order valence-electron chi connectivity index (χ3n) is 6.59. The minimum absolute atomic E-state index is 0.0984. The van der Waals surface area contributed by atoms with Crippen LogP contribution in [0.25, 0.3) is 0 Å². The van der Waals surface area contributed by atoms with Gasteiger partial charge in [0, 0.05) is 23.5 Å². The Bertz CT molecular complexity index is 1100. The van der Waals surface area contributed by atoms with E-state index >= 15 is 0 Å². The predicted molar refractivity (Wildman–Crippen MR) is 146 cm³/mol. The first kappa shape index (κ1) is 26.0. The molecule has 0 unspecified atom stereocenters. The zero-order valence-corrected chi connectivity index (χ0v) is 22.0. The van der Waals surface area contributed by atoms with Crippen LogP contribution in [0.3, 0.4) is 0 Å². The molecule has 3 aromatic carbocycles. The number of nitrogens with one attached hydrogen (secondary N) is 1. The van der Waals surface area contributed by atoms with Crippen LogP contribution in [0.1, 0.15) is 43.2 Å². The molecule has 4 rings (SSSR count). The Labute approximate surface area is 222 Å². The molecule has 0 heterocycles. The number of halogens is 1. The number of benzene rings is 3. The summed E-state index contributed by atoms with van der Waals surface area (Å²) < 4.78 is 6.77. The van der Waals surface area contributed by atoms with Crippen LogP contribution in [0, 0.1) is 0 Å². The van der Waals surface area contributed by atoms with Crippen molar-refractivity contribution in [2.24, 2.45) is 0 Å². The lowest BCUT2D eigenvalue weighted by Crippen LogP contribution is -2.53. The van der Waals surface area contributed by atoms with Crippen molar-refractivity contribution in [3.05, 3.63) is 101 Å². The summed E-state index contributed by atoms with van der Waals surface area (Å²) in [6.07, 6.45) is 5.89. The highest BCUT2D eigenvalue weighted by atomic mass is 79.9. The van der Waals surface area contributed by atoms with Gasteiger partial charge in [0.25, 0.3) is 5.91 Å². The Morgan fingerprint density at radius 3 is 2.11 bits per heavy atom. The number of hydrogen-bond acceptors (Lipinski definition) is 3. The van der Waals surface area contributed by atoms with Gasteiger partial charge in [0.2, 0.25) is 5.91 Å². The Kier molecular flexibility index (Phi) is 9.56. The van der Waals surface area contributed by atoms with Gasteiger partial charge in [0.15, 0.2) is 6.61 Å². The summed E-state index contributed by atoms with van der Waals surface area (Å²) in [5.74, 6) is 0.289. The van der Waals surface area contributed by atoms with Crippen LogP contribution >= 0.6 is 15.9 Å². The van der Waals surface area contributed by atoms with Gasteiger partial charge in [-0.05, 0) is 48.2 Å². The summed E-state index contributed by atoms with van der Waals surface area (Å²) in [5, 5.41) is 3.26.